The SMILES string of the molecule is CNC(=O)c1cnc(-c2nc3cc(C)ccn3c2C[C@H]2CN(C(=O)OC)CCO2)c(F)c1. The highest BCUT2D eigenvalue weighted by molar-refractivity contribution is 5.94. The molecule has 3 aromatic rings. The molecule has 2 amide bonds. The van der Waals surface area contributed by atoms with E-state index < -0.39 is 17.8 Å². The van der Waals surface area contributed by atoms with E-state index in [2.05, 4.69) is 15.3 Å². The number of nitrogens with zero attached hydrogens (tertiary/aromatic N) is 4. The van der Waals surface area contributed by atoms with Crippen LogP contribution in [0.3, 0.4) is 0 Å². The van der Waals surface area contributed by atoms with Gasteiger partial charge < -0.3 is 24.1 Å². The molecule has 1 aliphatic rings. The second-order valence-corrected chi connectivity index (χ2v) is 7.59. The van der Waals surface area contributed by atoms with Crippen LogP contribution in [-0.4, -0.2) is 71.2 Å². The summed E-state index contributed by atoms with van der Waals surface area (Å²) in [4.78, 5) is 34.2. The van der Waals surface area contributed by atoms with E-state index in [4.69, 9.17) is 9.47 Å². The molecule has 0 radical (unpaired) electrons. The molecule has 0 saturated carbocycles. The number of hydrogen-bond acceptors (Lipinski definition) is 6. The smallest absolute Gasteiger partial charge is 0.409 e. The molecule has 1 saturated heterocycles. The maximum atomic E-state index is 15.0. The highest BCUT2D eigenvalue weighted by atomic mass is 19.1. The van der Waals surface area contributed by atoms with Crippen LogP contribution in [0.15, 0.2) is 30.6 Å². The molecule has 0 aromatic carbocycles. The molecule has 9 nitrogen and oxygen atoms in total. The summed E-state index contributed by atoms with van der Waals surface area (Å²) in [6.07, 6.45) is 2.84. The number of morpholine rings is 1. The average molecular weight is 441 g/mol. The van der Waals surface area contributed by atoms with Crippen LogP contribution in [0.2, 0.25) is 0 Å². The molecule has 32 heavy (non-hydrogen) atoms. The molecule has 1 N–H and O–H groups in total. The first-order chi connectivity index (χ1) is 15.4. The number of pyridine rings is 2. The third-order valence-electron chi connectivity index (χ3n) is 5.43. The van der Waals surface area contributed by atoms with Gasteiger partial charge in [-0.3, -0.25) is 9.78 Å². The Balaban J connectivity index is 1.74. The summed E-state index contributed by atoms with van der Waals surface area (Å²) in [5.74, 6) is -1.07. The molecule has 0 spiro atoms. The molecule has 0 unspecified atom stereocenters. The number of carbonyl (C=O) groups excluding carboxylic acids is 2. The lowest BCUT2D eigenvalue weighted by Gasteiger charge is -2.32. The van der Waals surface area contributed by atoms with Gasteiger partial charge in [0.05, 0.1) is 37.6 Å². The standard InChI is InChI=1S/C22H24FN5O4/c1-13-4-5-28-17(10-15-12-27(6-7-32-15)22(30)31-3)20(26-18(28)8-13)19-16(23)9-14(11-25-19)21(29)24-2/h4-5,8-9,11,15H,6-7,10,12H2,1-3H3,(H,24,29)/t15-/m0/s1. The zero-order valence-electron chi connectivity index (χ0n) is 18.1. The van der Waals surface area contributed by atoms with Gasteiger partial charge in [0.25, 0.3) is 5.91 Å². The van der Waals surface area contributed by atoms with Crippen molar-refractivity contribution < 1.29 is 23.5 Å². The van der Waals surface area contributed by atoms with Gasteiger partial charge in [0.15, 0.2) is 5.82 Å². The molecule has 0 aliphatic carbocycles. The third-order valence-corrected chi connectivity index (χ3v) is 5.43. The summed E-state index contributed by atoms with van der Waals surface area (Å²) < 4.78 is 27.6. The highest BCUT2D eigenvalue weighted by Gasteiger charge is 2.28. The summed E-state index contributed by atoms with van der Waals surface area (Å²) in [5, 5.41) is 2.45. The van der Waals surface area contributed by atoms with E-state index in [0.717, 1.165) is 11.6 Å². The minimum absolute atomic E-state index is 0.0506. The molecular formula is C22H24FN5O4. The summed E-state index contributed by atoms with van der Waals surface area (Å²) in [6.45, 7) is 3.11. The second kappa shape index (κ2) is 8.91. The number of nitrogens with one attached hydrogen (secondary N) is 1. The van der Waals surface area contributed by atoms with E-state index in [9.17, 15) is 9.59 Å². The van der Waals surface area contributed by atoms with Crippen molar-refractivity contribution in [2.45, 2.75) is 19.4 Å². The lowest BCUT2D eigenvalue weighted by atomic mass is 10.1. The Morgan fingerprint density at radius 2 is 2.16 bits per heavy atom. The second-order valence-electron chi connectivity index (χ2n) is 7.59. The molecule has 0 bridgehead atoms. The molecule has 10 heteroatoms. The summed E-state index contributed by atoms with van der Waals surface area (Å²) in [5.41, 5.74) is 2.90. The normalized spacial score (nSPS) is 16.2. The van der Waals surface area contributed by atoms with Gasteiger partial charge in [0.2, 0.25) is 0 Å². The fraction of sp³-hybridized carbons (Fsp3) is 0.364. The van der Waals surface area contributed by atoms with Gasteiger partial charge in [-0.2, -0.15) is 0 Å². The minimum atomic E-state index is -0.645. The van der Waals surface area contributed by atoms with Crippen molar-refractivity contribution in [3.63, 3.8) is 0 Å². The zero-order chi connectivity index (χ0) is 22.8. The topological polar surface area (TPSA) is 98.1 Å². The predicted molar refractivity (Wildman–Crippen MR) is 114 cm³/mol. The van der Waals surface area contributed by atoms with Gasteiger partial charge in [-0.25, -0.2) is 14.2 Å². The quantitative estimate of drug-likeness (QED) is 0.667. The van der Waals surface area contributed by atoms with Crippen LogP contribution in [0.25, 0.3) is 17.0 Å². The largest absolute Gasteiger partial charge is 0.453 e. The lowest BCUT2D eigenvalue weighted by molar-refractivity contribution is -0.0241. The van der Waals surface area contributed by atoms with Gasteiger partial charge in [0, 0.05) is 32.4 Å². The van der Waals surface area contributed by atoms with Crippen molar-refractivity contribution in [2.75, 3.05) is 33.9 Å². The number of halogens is 1. The fourth-order valence-corrected chi connectivity index (χ4v) is 3.82. The van der Waals surface area contributed by atoms with E-state index in [1.54, 1.807) is 4.90 Å². The fourth-order valence-electron chi connectivity index (χ4n) is 3.82. The van der Waals surface area contributed by atoms with Gasteiger partial charge in [-0.15, -0.1) is 0 Å². The van der Waals surface area contributed by atoms with Gasteiger partial charge in [0.1, 0.15) is 17.0 Å². The number of hydrogen-bond donors (Lipinski definition) is 1. The Hall–Kier alpha value is -3.53. The number of carbonyl (C=O) groups is 2. The van der Waals surface area contributed by atoms with Crippen molar-refractivity contribution in [3.05, 3.63) is 53.2 Å². The van der Waals surface area contributed by atoms with Gasteiger partial charge in [-0.1, -0.05) is 0 Å². The lowest BCUT2D eigenvalue weighted by Crippen LogP contribution is -2.46. The first-order valence-corrected chi connectivity index (χ1v) is 10.2. The van der Waals surface area contributed by atoms with Crippen molar-refractivity contribution >= 4 is 17.6 Å². The summed E-state index contributed by atoms with van der Waals surface area (Å²) in [6, 6.07) is 4.98. The highest BCUT2D eigenvalue weighted by Crippen LogP contribution is 2.28. The number of rotatable bonds is 4. The third kappa shape index (κ3) is 4.13. The molecule has 1 atom stereocenters. The molecule has 4 rings (SSSR count). The molecule has 168 valence electrons. The zero-order valence-corrected chi connectivity index (χ0v) is 18.1. The van der Waals surface area contributed by atoms with Crippen molar-refractivity contribution in [1.29, 1.82) is 0 Å². The number of aromatic nitrogens is 3. The van der Waals surface area contributed by atoms with Crippen LogP contribution < -0.4 is 5.32 Å². The Morgan fingerprint density at radius 3 is 2.88 bits per heavy atom. The first-order valence-electron chi connectivity index (χ1n) is 10.2. The molecule has 1 fully saturated rings. The Labute approximate surface area is 184 Å². The number of methoxy groups -OCH3 is 1. The maximum Gasteiger partial charge on any atom is 0.409 e. The van der Waals surface area contributed by atoms with E-state index in [1.165, 1.54) is 20.4 Å². The number of imidazole rings is 1. The van der Waals surface area contributed by atoms with Crippen molar-refractivity contribution in [1.82, 2.24) is 24.6 Å². The van der Waals surface area contributed by atoms with Crippen LogP contribution >= 0.6 is 0 Å². The van der Waals surface area contributed by atoms with Crippen LogP contribution in [0.5, 0.6) is 0 Å². The maximum absolute atomic E-state index is 15.0. The minimum Gasteiger partial charge on any atom is -0.453 e. The first kappa shape index (κ1) is 21.7. The van der Waals surface area contributed by atoms with Crippen molar-refractivity contribution in [3.8, 4) is 11.4 Å². The van der Waals surface area contributed by atoms with Crippen LogP contribution in [-0.2, 0) is 15.9 Å². The predicted octanol–water partition coefficient (Wildman–Crippen LogP) is 2.21. The molecule has 3 aromatic heterocycles. The molecular weight excluding hydrogens is 417 g/mol. The Kier molecular flexibility index (Phi) is 6.04. The average Bonchev–Trinajstić information content (AvgIpc) is 3.14. The molecule has 1 aliphatic heterocycles. The Morgan fingerprint density at radius 1 is 1.34 bits per heavy atom. The summed E-state index contributed by atoms with van der Waals surface area (Å²) in [7, 11) is 2.81. The van der Waals surface area contributed by atoms with E-state index >= 15 is 4.39 Å². The van der Waals surface area contributed by atoms with Crippen LogP contribution in [0.1, 0.15) is 21.6 Å². The number of fused-ring (bicyclic) bond motifs is 1. The van der Waals surface area contributed by atoms with Gasteiger partial charge in [-0.05, 0) is 30.7 Å². The number of aryl methyl sites for hydroxylation is 1. The van der Waals surface area contributed by atoms with Crippen molar-refractivity contribution in [2.24, 2.45) is 0 Å². The summed E-state index contributed by atoms with van der Waals surface area (Å²) >= 11 is 0. The van der Waals surface area contributed by atoms with E-state index in [0.29, 0.717) is 43.2 Å². The number of amides is 2. The van der Waals surface area contributed by atoms with Crippen LogP contribution in [0.4, 0.5) is 9.18 Å². The van der Waals surface area contributed by atoms with Crippen LogP contribution in [0, 0.1) is 12.7 Å². The number of ether oxygens (including phenoxy) is 2. The van der Waals surface area contributed by atoms with Gasteiger partial charge >= 0.3 is 6.09 Å². The molecule has 4 heterocycles. The van der Waals surface area contributed by atoms with E-state index in [1.807, 2.05) is 29.7 Å². The monoisotopic (exact) mass is 441 g/mol. The van der Waals surface area contributed by atoms with E-state index in [-0.39, 0.29) is 17.4 Å². The Bertz CT molecular complexity index is 1180.